The van der Waals surface area contributed by atoms with Crippen LogP contribution < -0.4 is 4.74 Å². The molecule has 3 rings (SSSR count). The lowest BCUT2D eigenvalue weighted by molar-refractivity contribution is -0.274. The van der Waals surface area contributed by atoms with Crippen LogP contribution in [0.1, 0.15) is 24.8 Å². The number of piperazine rings is 1. The third-order valence-electron chi connectivity index (χ3n) is 5.21. The molecule has 1 aliphatic heterocycles. The summed E-state index contributed by atoms with van der Waals surface area (Å²) in [6.45, 7) is 2.39. The minimum absolute atomic E-state index is 0.0693. The summed E-state index contributed by atoms with van der Waals surface area (Å²) >= 11 is 0. The predicted octanol–water partition coefficient (Wildman–Crippen LogP) is 3.75. The highest BCUT2D eigenvalue weighted by Gasteiger charge is 2.33. The topological polar surface area (TPSA) is 66.9 Å². The van der Waals surface area contributed by atoms with Gasteiger partial charge >= 0.3 is 6.36 Å². The van der Waals surface area contributed by atoms with Crippen LogP contribution in [0.15, 0.2) is 53.4 Å². The summed E-state index contributed by atoms with van der Waals surface area (Å²) in [7, 11) is -3.92. The van der Waals surface area contributed by atoms with Crippen LogP contribution in [0.4, 0.5) is 17.6 Å². The second-order valence-electron chi connectivity index (χ2n) is 7.46. The number of nitrogens with zero attached hydrogens (tertiary/aromatic N) is 2. The highest BCUT2D eigenvalue weighted by atomic mass is 32.2. The fraction of sp³-hybridized carbons (Fsp3) is 0.381. The lowest BCUT2D eigenvalue weighted by atomic mass is 9.97. The fourth-order valence-electron chi connectivity index (χ4n) is 3.44. The highest BCUT2D eigenvalue weighted by molar-refractivity contribution is 7.89. The second-order valence-corrected chi connectivity index (χ2v) is 9.40. The van der Waals surface area contributed by atoms with E-state index in [0.717, 1.165) is 29.8 Å². The van der Waals surface area contributed by atoms with Gasteiger partial charge in [-0.2, -0.15) is 4.31 Å². The molecule has 2 aromatic carbocycles. The number of ether oxygens (including phenoxy) is 1. The van der Waals surface area contributed by atoms with E-state index in [1.165, 1.54) is 16.4 Å². The Kier molecular flexibility index (Phi) is 7.09. The van der Waals surface area contributed by atoms with Crippen molar-refractivity contribution in [1.82, 2.24) is 9.21 Å². The van der Waals surface area contributed by atoms with Crippen molar-refractivity contribution in [2.75, 3.05) is 26.2 Å². The first-order valence-electron chi connectivity index (χ1n) is 9.85. The Balaban J connectivity index is 1.57. The summed E-state index contributed by atoms with van der Waals surface area (Å²) in [6, 6.07) is 9.92. The summed E-state index contributed by atoms with van der Waals surface area (Å²) in [5.41, 5.74) is 0.832. The van der Waals surface area contributed by atoms with Crippen LogP contribution in [0.3, 0.4) is 0 Å². The maximum Gasteiger partial charge on any atom is 0.573 e. The summed E-state index contributed by atoms with van der Waals surface area (Å²) in [5, 5.41) is 0. The molecule has 6 nitrogen and oxygen atoms in total. The van der Waals surface area contributed by atoms with Crippen LogP contribution in [-0.2, 0) is 14.8 Å². The Bertz CT molecular complexity index is 1030. The molecule has 0 N–H and O–H groups in total. The van der Waals surface area contributed by atoms with Gasteiger partial charge in [0.15, 0.2) is 0 Å². The fourth-order valence-corrected chi connectivity index (χ4v) is 4.86. The van der Waals surface area contributed by atoms with Gasteiger partial charge in [0, 0.05) is 32.6 Å². The molecule has 1 amide bonds. The number of benzene rings is 2. The third-order valence-corrected chi connectivity index (χ3v) is 7.12. The molecule has 0 aromatic heterocycles. The van der Waals surface area contributed by atoms with E-state index in [1.54, 1.807) is 17.0 Å². The molecule has 1 heterocycles. The van der Waals surface area contributed by atoms with E-state index in [0.29, 0.717) is 0 Å². The largest absolute Gasteiger partial charge is 0.573 e. The molecule has 0 saturated carbocycles. The number of rotatable bonds is 6. The molecule has 1 fully saturated rings. The average molecular weight is 474 g/mol. The Morgan fingerprint density at radius 1 is 1.00 bits per heavy atom. The lowest BCUT2D eigenvalue weighted by Gasteiger charge is -2.34. The normalized spacial score (nSPS) is 16.6. The van der Waals surface area contributed by atoms with Gasteiger partial charge in [-0.3, -0.25) is 4.79 Å². The zero-order valence-corrected chi connectivity index (χ0v) is 18.0. The van der Waals surface area contributed by atoms with Crippen molar-refractivity contribution < 1.29 is 35.5 Å². The van der Waals surface area contributed by atoms with Crippen molar-refractivity contribution >= 4 is 15.9 Å². The quantitative estimate of drug-likeness (QED) is 0.599. The van der Waals surface area contributed by atoms with Gasteiger partial charge < -0.3 is 9.64 Å². The smallest absolute Gasteiger partial charge is 0.406 e. The van der Waals surface area contributed by atoms with E-state index in [1.807, 2.05) is 6.92 Å². The number of halogens is 4. The molecule has 1 unspecified atom stereocenters. The summed E-state index contributed by atoms with van der Waals surface area (Å²) in [5.74, 6) is -1.12. The predicted molar refractivity (Wildman–Crippen MR) is 108 cm³/mol. The Labute approximate surface area is 183 Å². The van der Waals surface area contributed by atoms with E-state index in [-0.39, 0.29) is 55.1 Å². The van der Waals surface area contributed by atoms with E-state index in [9.17, 15) is 30.8 Å². The maximum absolute atomic E-state index is 13.1. The number of sulfonamides is 1. The van der Waals surface area contributed by atoms with Crippen LogP contribution in [0, 0.1) is 5.82 Å². The first-order valence-corrected chi connectivity index (χ1v) is 11.3. The number of carbonyl (C=O) groups is 1. The number of amides is 1. The number of carbonyl (C=O) groups excluding carboxylic acids is 1. The summed E-state index contributed by atoms with van der Waals surface area (Å²) in [4.78, 5) is 14.0. The summed E-state index contributed by atoms with van der Waals surface area (Å²) in [6.07, 6.45) is -4.66. The second kappa shape index (κ2) is 9.45. The molecular weight excluding hydrogens is 452 g/mol. The third kappa shape index (κ3) is 5.98. The molecule has 0 aliphatic carbocycles. The Morgan fingerprint density at radius 3 is 2.09 bits per heavy atom. The van der Waals surface area contributed by atoms with E-state index >= 15 is 0 Å². The minimum atomic E-state index is -4.86. The van der Waals surface area contributed by atoms with Crippen molar-refractivity contribution in [3.05, 3.63) is 59.9 Å². The SMILES string of the molecule is CC(CC(=O)N1CCN(S(=O)(=O)c2ccc(OC(F)(F)F)cc2)CC1)c1ccc(F)cc1. The van der Waals surface area contributed by atoms with Crippen LogP contribution in [0.25, 0.3) is 0 Å². The Morgan fingerprint density at radius 2 is 1.56 bits per heavy atom. The van der Waals surface area contributed by atoms with E-state index in [2.05, 4.69) is 4.74 Å². The van der Waals surface area contributed by atoms with Gasteiger partial charge in [-0.1, -0.05) is 19.1 Å². The van der Waals surface area contributed by atoms with Crippen molar-refractivity contribution in [2.45, 2.75) is 30.5 Å². The van der Waals surface area contributed by atoms with Crippen molar-refractivity contribution in [2.24, 2.45) is 0 Å². The van der Waals surface area contributed by atoms with Gasteiger partial charge in [-0.05, 0) is 47.9 Å². The lowest BCUT2D eigenvalue weighted by Crippen LogP contribution is -2.50. The van der Waals surface area contributed by atoms with Gasteiger partial charge in [0.1, 0.15) is 11.6 Å². The Hall–Kier alpha value is -2.66. The molecule has 0 bridgehead atoms. The van der Waals surface area contributed by atoms with Crippen LogP contribution in [0.5, 0.6) is 5.75 Å². The zero-order valence-electron chi connectivity index (χ0n) is 17.2. The average Bonchev–Trinajstić information content (AvgIpc) is 2.73. The van der Waals surface area contributed by atoms with Gasteiger partial charge in [0.25, 0.3) is 0 Å². The van der Waals surface area contributed by atoms with Crippen molar-refractivity contribution in [1.29, 1.82) is 0 Å². The maximum atomic E-state index is 13.1. The molecule has 1 atom stereocenters. The molecule has 32 heavy (non-hydrogen) atoms. The zero-order chi connectivity index (χ0) is 23.5. The first-order chi connectivity index (χ1) is 15.0. The molecule has 11 heteroatoms. The molecule has 0 radical (unpaired) electrons. The number of hydrogen-bond donors (Lipinski definition) is 0. The first kappa shape index (κ1) is 24.0. The molecule has 1 saturated heterocycles. The number of hydrogen-bond acceptors (Lipinski definition) is 4. The van der Waals surface area contributed by atoms with Crippen molar-refractivity contribution in [3.63, 3.8) is 0 Å². The van der Waals surface area contributed by atoms with E-state index in [4.69, 9.17) is 0 Å². The highest BCUT2D eigenvalue weighted by Crippen LogP contribution is 2.26. The van der Waals surface area contributed by atoms with Crippen molar-refractivity contribution in [3.8, 4) is 5.75 Å². The monoisotopic (exact) mass is 474 g/mol. The van der Waals surface area contributed by atoms with Gasteiger partial charge in [-0.25, -0.2) is 12.8 Å². The molecular formula is C21H22F4N2O4S. The number of alkyl halides is 3. The molecule has 2 aromatic rings. The van der Waals surface area contributed by atoms with Gasteiger partial charge in [0.2, 0.25) is 15.9 Å². The summed E-state index contributed by atoms with van der Waals surface area (Å²) < 4.78 is 80.4. The van der Waals surface area contributed by atoms with Gasteiger partial charge in [-0.15, -0.1) is 13.2 Å². The van der Waals surface area contributed by atoms with Crippen LogP contribution in [-0.4, -0.2) is 56.1 Å². The van der Waals surface area contributed by atoms with Crippen LogP contribution in [0.2, 0.25) is 0 Å². The standard InChI is InChI=1S/C21H22F4N2O4S/c1-15(16-2-4-17(22)5-3-16)14-20(28)26-10-12-27(13-11-26)32(29,30)19-8-6-18(7-9-19)31-21(23,24)25/h2-9,15H,10-14H2,1H3. The molecule has 0 spiro atoms. The molecule has 1 aliphatic rings. The van der Waals surface area contributed by atoms with Crippen LogP contribution >= 0.6 is 0 Å². The minimum Gasteiger partial charge on any atom is -0.406 e. The molecule has 174 valence electrons. The van der Waals surface area contributed by atoms with E-state index < -0.39 is 22.1 Å². The van der Waals surface area contributed by atoms with Gasteiger partial charge in [0.05, 0.1) is 4.90 Å².